The zero-order valence-corrected chi connectivity index (χ0v) is 11.6. The highest BCUT2D eigenvalue weighted by molar-refractivity contribution is 6.09. The third kappa shape index (κ3) is 1.93. The largest absolute Gasteiger partial charge is 0.489 e. The van der Waals surface area contributed by atoms with Crippen LogP contribution < -0.4 is 9.47 Å². The first-order chi connectivity index (χ1) is 9.86. The molecule has 0 saturated heterocycles. The maximum absolute atomic E-state index is 5.82. The molecule has 2 aromatic heterocycles. The van der Waals surface area contributed by atoms with Gasteiger partial charge in [-0.3, -0.25) is 9.97 Å². The fraction of sp³-hybridized carbons (Fsp3) is 0.250. The van der Waals surface area contributed by atoms with E-state index < -0.39 is 0 Å². The quantitative estimate of drug-likeness (QED) is 0.678. The summed E-state index contributed by atoms with van der Waals surface area (Å²) in [7, 11) is 0. The van der Waals surface area contributed by atoms with E-state index in [1.54, 1.807) is 12.4 Å². The van der Waals surface area contributed by atoms with Crippen molar-refractivity contribution in [2.75, 3.05) is 13.2 Å². The van der Waals surface area contributed by atoms with E-state index >= 15 is 0 Å². The molecule has 20 heavy (non-hydrogen) atoms. The average Bonchev–Trinajstić information content (AvgIpc) is 2.51. The molecule has 102 valence electrons. The fourth-order valence-corrected chi connectivity index (χ4v) is 2.37. The van der Waals surface area contributed by atoms with E-state index in [1.165, 1.54) is 0 Å². The summed E-state index contributed by atoms with van der Waals surface area (Å²) in [5, 5.41) is 1.87. The summed E-state index contributed by atoms with van der Waals surface area (Å²) < 4.78 is 11.6. The number of benzene rings is 1. The molecule has 0 aliphatic carbocycles. The highest BCUT2D eigenvalue weighted by atomic mass is 16.5. The number of nitrogens with zero attached hydrogens (tertiary/aromatic N) is 2. The Morgan fingerprint density at radius 2 is 1.25 bits per heavy atom. The van der Waals surface area contributed by atoms with Gasteiger partial charge in [0.25, 0.3) is 0 Å². The minimum absolute atomic E-state index is 0.579. The van der Waals surface area contributed by atoms with E-state index in [0.717, 1.165) is 33.3 Å². The lowest BCUT2D eigenvalue weighted by Crippen LogP contribution is -2.01. The lowest BCUT2D eigenvalue weighted by Gasteiger charge is -2.16. The van der Waals surface area contributed by atoms with Crippen LogP contribution in [0.3, 0.4) is 0 Å². The van der Waals surface area contributed by atoms with Gasteiger partial charge in [-0.2, -0.15) is 0 Å². The molecule has 1 aromatic carbocycles. The monoisotopic (exact) mass is 268 g/mol. The molecule has 0 atom stereocenters. The van der Waals surface area contributed by atoms with Crippen LogP contribution >= 0.6 is 0 Å². The highest BCUT2D eigenvalue weighted by Crippen LogP contribution is 2.42. The van der Waals surface area contributed by atoms with Crippen molar-refractivity contribution in [3.8, 4) is 11.5 Å². The van der Waals surface area contributed by atoms with Crippen molar-refractivity contribution in [2.45, 2.75) is 13.8 Å². The fourth-order valence-electron chi connectivity index (χ4n) is 2.37. The summed E-state index contributed by atoms with van der Waals surface area (Å²) in [6, 6.07) is 7.78. The van der Waals surface area contributed by atoms with Gasteiger partial charge in [-0.15, -0.1) is 0 Å². The van der Waals surface area contributed by atoms with Crippen molar-refractivity contribution in [1.82, 2.24) is 9.97 Å². The Kier molecular flexibility index (Phi) is 3.37. The normalized spacial score (nSPS) is 10.9. The molecule has 0 N–H and O–H groups in total. The molecule has 4 heteroatoms. The Labute approximate surface area is 117 Å². The van der Waals surface area contributed by atoms with Crippen LogP contribution in [0, 0.1) is 0 Å². The molecule has 2 heterocycles. The molecule has 0 spiro atoms. The van der Waals surface area contributed by atoms with Crippen LogP contribution in [0.2, 0.25) is 0 Å². The third-order valence-corrected chi connectivity index (χ3v) is 3.11. The minimum atomic E-state index is 0.579. The van der Waals surface area contributed by atoms with Gasteiger partial charge in [0.05, 0.1) is 13.2 Å². The maximum Gasteiger partial charge on any atom is 0.171 e. The van der Waals surface area contributed by atoms with Crippen molar-refractivity contribution in [1.29, 1.82) is 0 Å². The molecule has 4 nitrogen and oxygen atoms in total. The first-order valence-corrected chi connectivity index (χ1v) is 6.77. The van der Waals surface area contributed by atoms with Crippen LogP contribution in [-0.4, -0.2) is 23.2 Å². The smallest absolute Gasteiger partial charge is 0.171 e. The zero-order chi connectivity index (χ0) is 13.9. The molecule has 0 fully saturated rings. The first kappa shape index (κ1) is 12.7. The first-order valence-electron chi connectivity index (χ1n) is 6.77. The van der Waals surface area contributed by atoms with Crippen LogP contribution in [0.15, 0.2) is 36.7 Å². The third-order valence-electron chi connectivity index (χ3n) is 3.11. The van der Waals surface area contributed by atoms with Crippen LogP contribution in [-0.2, 0) is 0 Å². The Hall–Kier alpha value is -2.36. The van der Waals surface area contributed by atoms with Crippen molar-refractivity contribution >= 4 is 21.8 Å². The average molecular weight is 268 g/mol. The summed E-state index contributed by atoms with van der Waals surface area (Å²) in [4.78, 5) is 8.91. The van der Waals surface area contributed by atoms with E-state index in [0.29, 0.717) is 13.2 Å². The molecule has 0 saturated carbocycles. The van der Waals surface area contributed by atoms with E-state index in [-0.39, 0.29) is 0 Å². The Morgan fingerprint density at radius 3 is 1.65 bits per heavy atom. The lowest BCUT2D eigenvalue weighted by molar-refractivity contribution is 0.293. The zero-order valence-electron chi connectivity index (χ0n) is 11.6. The van der Waals surface area contributed by atoms with Gasteiger partial charge in [0.15, 0.2) is 11.5 Å². The van der Waals surface area contributed by atoms with Crippen molar-refractivity contribution in [3.63, 3.8) is 0 Å². The van der Waals surface area contributed by atoms with E-state index in [1.807, 2.05) is 38.1 Å². The van der Waals surface area contributed by atoms with Crippen molar-refractivity contribution < 1.29 is 9.47 Å². The number of pyridine rings is 2. The Balaban J connectivity index is 2.47. The van der Waals surface area contributed by atoms with E-state index in [2.05, 4.69) is 9.97 Å². The summed E-state index contributed by atoms with van der Waals surface area (Å²) in [6.45, 7) is 5.09. The number of hydrogen-bond acceptors (Lipinski definition) is 4. The van der Waals surface area contributed by atoms with E-state index in [4.69, 9.17) is 9.47 Å². The van der Waals surface area contributed by atoms with Gasteiger partial charge in [-0.05, 0) is 38.1 Å². The SMILES string of the molecule is CCOc1c(OCC)c2cccnc2c2ncccc12. The lowest BCUT2D eigenvalue weighted by atomic mass is 10.1. The van der Waals surface area contributed by atoms with Gasteiger partial charge in [-0.1, -0.05) is 0 Å². The number of rotatable bonds is 4. The number of hydrogen-bond donors (Lipinski definition) is 0. The predicted molar refractivity (Wildman–Crippen MR) is 79.4 cm³/mol. The van der Waals surface area contributed by atoms with Gasteiger partial charge in [0.2, 0.25) is 0 Å². The minimum Gasteiger partial charge on any atom is -0.489 e. The maximum atomic E-state index is 5.82. The van der Waals surface area contributed by atoms with Crippen LogP contribution in [0.25, 0.3) is 21.8 Å². The van der Waals surface area contributed by atoms with Gasteiger partial charge in [-0.25, -0.2) is 0 Å². The second-order valence-electron chi connectivity index (χ2n) is 4.32. The topological polar surface area (TPSA) is 44.2 Å². The predicted octanol–water partition coefficient (Wildman–Crippen LogP) is 3.58. The van der Waals surface area contributed by atoms with Gasteiger partial charge in [0, 0.05) is 23.2 Å². The molecule has 3 rings (SSSR count). The second-order valence-corrected chi connectivity index (χ2v) is 4.32. The van der Waals surface area contributed by atoms with Crippen LogP contribution in [0.1, 0.15) is 13.8 Å². The van der Waals surface area contributed by atoms with Crippen LogP contribution in [0.5, 0.6) is 11.5 Å². The molecule has 3 aromatic rings. The molecular weight excluding hydrogens is 252 g/mol. The Bertz CT molecular complexity index is 691. The van der Waals surface area contributed by atoms with Crippen molar-refractivity contribution in [2.24, 2.45) is 0 Å². The molecule has 0 amide bonds. The van der Waals surface area contributed by atoms with Crippen molar-refractivity contribution in [3.05, 3.63) is 36.7 Å². The molecule has 0 aliphatic heterocycles. The molecular formula is C16H16N2O2. The summed E-state index contributed by atoms with van der Waals surface area (Å²) in [5.74, 6) is 1.50. The van der Waals surface area contributed by atoms with Gasteiger partial charge < -0.3 is 9.47 Å². The molecule has 0 bridgehead atoms. The standard InChI is InChI=1S/C16H16N2O2/c1-3-19-15-11-7-5-9-17-13(11)14-12(8-6-10-18-14)16(15)20-4-2/h5-10H,3-4H2,1-2H3. The highest BCUT2D eigenvalue weighted by Gasteiger charge is 2.17. The van der Waals surface area contributed by atoms with Gasteiger partial charge in [0.1, 0.15) is 11.0 Å². The second kappa shape index (κ2) is 5.33. The van der Waals surface area contributed by atoms with E-state index in [9.17, 15) is 0 Å². The summed E-state index contributed by atoms with van der Waals surface area (Å²) >= 11 is 0. The number of ether oxygens (including phenoxy) is 2. The molecule has 0 unspecified atom stereocenters. The van der Waals surface area contributed by atoms with Gasteiger partial charge >= 0.3 is 0 Å². The number of fused-ring (bicyclic) bond motifs is 3. The Morgan fingerprint density at radius 1 is 0.800 bits per heavy atom. The molecule has 0 aliphatic rings. The number of aromatic nitrogens is 2. The summed E-state index contributed by atoms with van der Waals surface area (Å²) in [5.41, 5.74) is 1.69. The molecule has 0 radical (unpaired) electrons. The van der Waals surface area contributed by atoms with Crippen LogP contribution in [0.4, 0.5) is 0 Å². The summed E-state index contributed by atoms with van der Waals surface area (Å²) in [6.07, 6.45) is 3.54.